The first-order valence-corrected chi connectivity index (χ1v) is 18.4. The number of fused-ring (bicyclic) bond motifs is 11. The Bertz CT molecular complexity index is 2970. The standard InChI is InChI=1S/C52H31NO/c53-32-36-16-12-25-45-49(36)41-21-8-9-23-43(41)52(45)44-24-10-11-27-47(44)54-51-42(22-13-26-46(51)52)50-39-19-6-4-17-37(39)48(38-18-5-7-20-40(38)50)35-30-28-34(29-31-35)33-14-2-1-3-15-33/h1-31H. The molecule has 0 saturated heterocycles. The second-order valence-corrected chi connectivity index (χ2v) is 14.2. The summed E-state index contributed by atoms with van der Waals surface area (Å²) >= 11 is 0. The first-order valence-electron chi connectivity index (χ1n) is 18.4. The maximum atomic E-state index is 10.4. The Hall–Kier alpha value is -7.21. The van der Waals surface area contributed by atoms with Crippen LogP contribution in [0.3, 0.4) is 0 Å². The molecule has 0 fully saturated rings. The van der Waals surface area contributed by atoms with Gasteiger partial charge in [0.2, 0.25) is 0 Å². The average Bonchev–Trinajstić information content (AvgIpc) is 3.54. The molecule has 9 aromatic carbocycles. The van der Waals surface area contributed by atoms with Crippen molar-refractivity contribution in [1.82, 2.24) is 0 Å². The van der Waals surface area contributed by atoms with E-state index in [1.54, 1.807) is 0 Å². The van der Waals surface area contributed by atoms with Gasteiger partial charge in [-0.05, 0) is 72.6 Å². The predicted octanol–water partition coefficient (Wildman–Crippen LogP) is 13.3. The highest BCUT2D eigenvalue weighted by Crippen LogP contribution is 2.64. The molecule has 1 unspecified atom stereocenters. The molecule has 54 heavy (non-hydrogen) atoms. The fourth-order valence-corrected chi connectivity index (χ4v) is 9.45. The van der Waals surface area contributed by atoms with Gasteiger partial charge in [0.25, 0.3) is 0 Å². The molecule has 9 aromatic rings. The maximum Gasteiger partial charge on any atom is 0.140 e. The Morgan fingerprint density at radius 3 is 1.61 bits per heavy atom. The van der Waals surface area contributed by atoms with Gasteiger partial charge in [0.05, 0.1) is 17.0 Å². The van der Waals surface area contributed by atoms with Gasteiger partial charge in [-0.3, -0.25) is 0 Å². The summed E-state index contributed by atoms with van der Waals surface area (Å²) in [6.07, 6.45) is 0. The quantitative estimate of drug-likeness (QED) is 0.173. The monoisotopic (exact) mass is 685 g/mol. The summed E-state index contributed by atoms with van der Waals surface area (Å²) < 4.78 is 7.14. The zero-order valence-electron chi connectivity index (χ0n) is 29.3. The summed E-state index contributed by atoms with van der Waals surface area (Å²) in [7, 11) is 0. The van der Waals surface area contributed by atoms with Crippen LogP contribution in [0.2, 0.25) is 0 Å². The topological polar surface area (TPSA) is 33.0 Å². The smallest absolute Gasteiger partial charge is 0.140 e. The molecule has 1 aliphatic heterocycles. The maximum absolute atomic E-state index is 10.4. The lowest BCUT2D eigenvalue weighted by molar-refractivity contribution is 0.438. The van der Waals surface area contributed by atoms with Crippen LogP contribution in [0.25, 0.3) is 66.1 Å². The van der Waals surface area contributed by atoms with Crippen LogP contribution in [-0.4, -0.2) is 0 Å². The third-order valence-electron chi connectivity index (χ3n) is 11.6. The summed E-state index contributed by atoms with van der Waals surface area (Å²) in [6, 6.07) is 69.4. The lowest BCUT2D eigenvalue weighted by Gasteiger charge is -2.40. The molecule has 1 atom stereocenters. The van der Waals surface area contributed by atoms with Crippen molar-refractivity contribution < 1.29 is 4.74 Å². The number of ether oxygens (including phenoxy) is 1. The van der Waals surface area contributed by atoms with Crippen LogP contribution >= 0.6 is 0 Å². The number of nitriles is 1. The van der Waals surface area contributed by atoms with Crippen molar-refractivity contribution >= 4 is 21.5 Å². The van der Waals surface area contributed by atoms with Gasteiger partial charge in [-0.15, -0.1) is 0 Å². The lowest BCUT2D eigenvalue weighted by Crippen LogP contribution is -2.32. The van der Waals surface area contributed by atoms with Gasteiger partial charge >= 0.3 is 0 Å². The second kappa shape index (κ2) is 11.7. The zero-order chi connectivity index (χ0) is 35.8. The molecule has 0 amide bonds. The zero-order valence-corrected chi connectivity index (χ0v) is 29.3. The first-order chi connectivity index (χ1) is 26.8. The number of rotatable bonds is 3. The molecule has 2 nitrogen and oxygen atoms in total. The highest BCUT2D eigenvalue weighted by Gasteiger charge is 2.52. The first kappa shape index (κ1) is 30.4. The SMILES string of the molecule is N#Cc1cccc2c1-c1ccccc1C21c2ccccc2Oc2c(-c3c4ccccc4c(-c4ccc(-c5ccccc5)cc4)c4ccccc34)cccc21. The fourth-order valence-electron chi connectivity index (χ4n) is 9.45. The summed E-state index contributed by atoms with van der Waals surface area (Å²) in [5.41, 5.74) is 13.5. The number of hydrogen-bond acceptors (Lipinski definition) is 2. The van der Waals surface area contributed by atoms with Crippen molar-refractivity contribution in [3.63, 3.8) is 0 Å². The van der Waals surface area contributed by atoms with Crippen molar-refractivity contribution in [3.05, 3.63) is 216 Å². The molecule has 0 radical (unpaired) electrons. The van der Waals surface area contributed by atoms with E-state index in [9.17, 15) is 5.26 Å². The average molecular weight is 686 g/mol. The molecule has 250 valence electrons. The van der Waals surface area contributed by atoms with Crippen LogP contribution in [0.15, 0.2) is 188 Å². The molecule has 0 N–H and O–H groups in total. The highest BCUT2D eigenvalue weighted by atomic mass is 16.5. The van der Waals surface area contributed by atoms with E-state index in [-0.39, 0.29) is 0 Å². The molecular formula is C52H31NO. The van der Waals surface area contributed by atoms with Crippen LogP contribution in [0, 0.1) is 11.3 Å². The summed E-state index contributed by atoms with van der Waals surface area (Å²) in [5, 5.41) is 15.1. The highest BCUT2D eigenvalue weighted by molar-refractivity contribution is 6.22. The van der Waals surface area contributed by atoms with Crippen molar-refractivity contribution in [3.8, 4) is 62.1 Å². The van der Waals surface area contributed by atoms with Gasteiger partial charge < -0.3 is 4.74 Å². The molecule has 1 spiro atoms. The Balaban J connectivity index is 1.21. The minimum atomic E-state index is -0.676. The van der Waals surface area contributed by atoms with Gasteiger partial charge in [-0.2, -0.15) is 5.26 Å². The Kier molecular flexibility index (Phi) is 6.56. The van der Waals surface area contributed by atoms with E-state index in [0.29, 0.717) is 5.56 Å². The second-order valence-electron chi connectivity index (χ2n) is 14.2. The molecular weight excluding hydrogens is 655 g/mol. The molecule has 2 heteroatoms. The molecule has 2 aliphatic rings. The number of benzene rings is 9. The summed E-state index contributed by atoms with van der Waals surface area (Å²) in [6.45, 7) is 0. The summed E-state index contributed by atoms with van der Waals surface area (Å²) in [4.78, 5) is 0. The van der Waals surface area contributed by atoms with Gasteiger partial charge in [-0.1, -0.05) is 176 Å². The van der Waals surface area contributed by atoms with Crippen molar-refractivity contribution in [2.24, 2.45) is 0 Å². The molecule has 0 bridgehead atoms. The van der Waals surface area contributed by atoms with Crippen molar-refractivity contribution in [1.29, 1.82) is 5.26 Å². The summed E-state index contributed by atoms with van der Waals surface area (Å²) in [5.74, 6) is 1.67. The largest absolute Gasteiger partial charge is 0.456 e. The number of hydrogen-bond donors (Lipinski definition) is 0. The van der Waals surface area contributed by atoms with E-state index in [1.165, 1.54) is 49.4 Å². The Morgan fingerprint density at radius 1 is 0.370 bits per heavy atom. The van der Waals surface area contributed by atoms with Gasteiger partial charge in [0, 0.05) is 27.8 Å². The van der Waals surface area contributed by atoms with Crippen molar-refractivity contribution in [2.75, 3.05) is 0 Å². The van der Waals surface area contributed by atoms with Gasteiger partial charge in [0.15, 0.2) is 0 Å². The van der Waals surface area contributed by atoms with Crippen molar-refractivity contribution in [2.45, 2.75) is 5.41 Å². The van der Waals surface area contributed by atoms with E-state index >= 15 is 0 Å². The van der Waals surface area contributed by atoms with E-state index < -0.39 is 5.41 Å². The van der Waals surface area contributed by atoms with Crippen LogP contribution in [0.5, 0.6) is 11.5 Å². The van der Waals surface area contributed by atoms with Crippen LogP contribution < -0.4 is 4.74 Å². The number of para-hydroxylation sites is 2. The van der Waals surface area contributed by atoms with Gasteiger partial charge in [0.1, 0.15) is 11.5 Å². The fraction of sp³-hybridized carbons (Fsp3) is 0.0192. The van der Waals surface area contributed by atoms with Crippen LogP contribution in [0.1, 0.15) is 27.8 Å². The lowest BCUT2D eigenvalue weighted by atomic mass is 9.65. The minimum absolute atomic E-state index is 0.676. The van der Waals surface area contributed by atoms with E-state index in [2.05, 4.69) is 182 Å². The molecule has 11 rings (SSSR count). The molecule has 0 aromatic heterocycles. The molecule has 0 saturated carbocycles. The number of nitrogens with zero attached hydrogens (tertiary/aromatic N) is 1. The molecule has 1 aliphatic carbocycles. The van der Waals surface area contributed by atoms with E-state index in [4.69, 9.17) is 4.74 Å². The van der Waals surface area contributed by atoms with E-state index in [1.807, 2.05) is 12.1 Å². The predicted molar refractivity (Wildman–Crippen MR) is 220 cm³/mol. The van der Waals surface area contributed by atoms with Gasteiger partial charge in [-0.25, -0.2) is 0 Å². The Morgan fingerprint density at radius 2 is 0.889 bits per heavy atom. The molecule has 1 heterocycles. The third-order valence-corrected chi connectivity index (χ3v) is 11.6. The third kappa shape index (κ3) is 4.10. The van der Waals surface area contributed by atoms with Crippen LogP contribution in [-0.2, 0) is 5.41 Å². The Labute approximate surface area is 313 Å². The normalized spacial score (nSPS) is 14.9. The van der Waals surface area contributed by atoms with E-state index in [0.717, 1.165) is 50.4 Å². The minimum Gasteiger partial charge on any atom is -0.456 e. The van der Waals surface area contributed by atoms with Crippen LogP contribution in [0.4, 0.5) is 0 Å².